The van der Waals surface area contributed by atoms with Gasteiger partial charge in [-0.2, -0.15) is 0 Å². The highest BCUT2D eigenvalue weighted by Crippen LogP contribution is 2.34. The molecule has 2 aromatic rings. The zero-order valence-corrected chi connectivity index (χ0v) is 17.5. The van der Waals surface area contributed by atoms with Crippen LogP contribution in [0.5, 0.6) is 0 Å². The van der Waals surface area contributed by atoms with E-state index in [2.05, 4.69) is 18.3 Å². The van der Waals surface area contributed by atoms with Gasteiger partial charge in [0, 0.05) is 24.2 Å². The van der Waals surface area contributed by atoms with E-state index in [1.807, 2.05) is 37.3 Å². The lowest BCUT2D eigenvalue weighted by atomic mass is 9.90. The predicted molar refractivity (Wildman–Crippen MR) is 114 cm³/mol. The number of benzene rings is 2. The second kappa shape index (κ2) is 8.78. The Morgan fingerprint density at radius 2 is 1.89 bits per heavy atom. The molecule has 1 heterocycles. The van der Waals surface area contributed by atoms with Gasteiger partial charge in [0.1, 0.15) is 0 Å². The van der Waals surface area contributed by atoms with E-state index in [-0.39, 0.29) is 24.3 Å². The Morgan fingerprint density at radius 1 is 1.14 bits per heavy atom. The van der Waals surface area contributed by atoms with Gasteiger partial charge in [0.25, 0.3) is 0 Å². The number of amides is 2. The van der Waals surface area contributed by atoms with Gasteiger partial charge in [-0.1, -0.05) is 55.8 Å². The van der Waals surface area contributed by atoms with E-state index in [0.29, 0.717) is 11.6 Å². The van der Waals surface area contributed by atoms with Crippen molar-refractivity contribution in [2.75, 3.05) is 11.9 Å². The van der Waals surface area contributed by atoms with Crippen LogP contribution in [0.1, 0.15) is 55.5 Å². The normalized spacial score (nSPS) is 15.9. The molecule has 1 N–H and O–H groups in total. The third-order valence-corrected chi connectivity index (χ3v) is 5.89. The zero-order valence-electron chi connectivity index (χ0n) is 16.7. The molecule has 3 rings (SSSR count). The number of halogens is 1. The second-order valence-electron chi connectivity index (χ2n) is 7.20. The van der Waals surface area contributed by atoms with Crippen LogP contribution in [0.25, 0.3) is 0 Å². The summed E-state index contributed by atoms with van der Waals surface area (Å²) in [6, 6.07) is 11.7. The topological polar surface area (TPSA) is 49.4 Å². The average Bonchev–Trinajstić information content (AvgIpc) is 2.68. The molecule has 0 radical (unpaired) electrons. The summed E-state index contributed by atoms with van der Waals surface area (Å²) in [6.07, 6.45) is 2.61. The first-order valence-corrected chi connectivity index (χ1v) is 10.3. The van der Waals surface area contributed by atoms with Crippen molar-refractivity contribution in [2.45, 2.75) is 52.5 Å². The highest BCUT2D eigenvalue weighted by Gasteiger charge is 2.31. The maximum atomic E-state index is 13.0. The van der Waals surface area contributed by atoms with Crippen LogP contribution in [0, 0.1) is 0 Å². The Morgan fingerprint density at radius 3 is 2.57 bits per heavy atom. The summed E-state index contributed by atoms with van der Waals surface area (Å²) in [5.74, 6) is -0.0989. The van der Waals surface area contributed by atoms with E-state index >= 15 is 0 Å². The number of hydrogen-bond acceptors (Lipinski definition) is 2. The van der Waals surface area contributed by atoms with Crippen molar-refractivity contribution in [3.63, 3.8) is 0 Å². The van der Waals surface area contributed by atoms with Crippen molar-refractivity contribution < 1.29 is 9.59 Å². The number of anilines is 1. The molecule has 0 saturated heterocycles. The Kier molecular flexibility index (Phi) is 6.40. The molecule has 1 aliphatic heterocycles. The SMILES string of the molecule is CCc1ccc(Cl)c(CC)c1NC(=O)CC1c2ccccc2CCN1C(C)=O. The first kappa shape index (κ1) is 20.4. The molecule has 148 valence electrons. The van der Waals surface area contributed by atoms with Crippen LogP contribution >= 0.6 is 11.6 Å². The van der Waals surface area contributed by atoms with Gasteiger partial charge in [0.2, 0.25) is 11.8 Å². The fraction of sp³-hybridized carbons (Fsp3) is 0.391. The van der Waals surface area contributed by atoms with Crippen LogP contribution in [-0.2, 0) is 28.9 Å². The monoisotopic (exact) mass is 398 g/mol. The van der Waals surface area contributed by atoms with E-state index in [0.717, 1.165) is 41.6 Å². The molecule has 4 nitrogen and oxygen atoms in total. The van der Waals surface area contributed by atoms with Gasteiger partial charge < -0.3 is 10.2 Å². The Bertz CT molecular complexity index is 894. The molecule has 28 heavy (non-hydrogen) atoms. The lowest BCUT2D eigenvalue weighted by molar-refractivity contribution is -0.132. The quantitative estimate of drug-likeness (QED) is 0.775. The summed E-state index contributed by atoms with van der Waals surface area (Å²) in [4.78, 5) is 27.0. The molecule has 0 aliphatic carbocycles. The largest absolute Gasteiger partial charge is 0.335 e. The number of nitrogens with one attached hydrogen (secondary N) is 1. The number of carbonyl (C=O) groups excluding carboxylic acids is 2. The molecular weight excluding hydrogens is 372 g/mol. The summed E-state index contributed by atoms with van der Waals surface area (Å²) in [5.41, 5.74) is 5.13. The predicted octanol–water partition coefficient (Wildman–Crippen LogP) is 4.94. The van der Waals surface area contributed by atoms with Crippen LogP contribution in [0.4, 0.5) is 5.69 Å². The standard InChI is InChI=1S/C23H27ClN2O2/c1-4-16-10-11-20(24)18(5-2)23(16)25-22(28)14-21-19-9-7-6-8-17(19)12-13-26(21)15(3)27/h6-11,21H,4-5,12-14H2,1-3H3,(H,25,28). The molecule has 0 bridgehead atoms. The molecule has 0 aromatic heterocycles. The fourth-order valence-electron chi connectivity index (χ4n) is 4.08. The van der Waals surface area contributed by atoms with Crippen molar-refractivity contribution in [3.05, 3.63) is 63.7 Å². The second-order valence-corrected chi connectivity index (χ2v) is 7.60. The highest BCUT2D eigenvalue weighted by atomic mass is 35.5. The summed E-state index contributed by atoms with van der Waals surface area (Å²) in [5, 5.41) is 3.77. The lowest BCUT2D eigenvalue weighted by Gasteiger charge is -2.36. The number of carbonyl (C=O) groups is 2. The summed E-state index contributed by atoms with van der Waals surface area (Å²) in [7, 11) is 0. The third-order valence-electron chi connectivity index (χ3n) is 5.54. The Hall–Kier alpha value is -2.33. The van der Waals surface area contributed by atoms with E-state index in [4.69, 9.17) is 11.6 Å². The van der Waals surface area contributed by atoms with Crippen molar-refractivity contribution in [1.29, 1.82) is 0 Å². The number of hydrogen-bond donors (Lipinski definition) is 1. The van der Waals surface area contributed by atoms with Crippen LogP contribution in [0.3, 0.4) is 0 Å². The van der Waals surface area contributed by atoms with E-state index in [1.165, 1.54) is 5.56 Å². The minimum absolute atomic E-state index is 0.00134. The van der Waals surface area contributed by atoms with E-state index in [9.17, 15) is 9.59 Å². The molecular formula is C23H27ClN2O2. The zero-order chi connectivity index (χ0) is 20.3. The molecule has 2 aromatic carbocycles. The molecule has 1 unspecified atom stereocenters. The smallest absolute Gasteiger partial charge is 0.226 e. The van der Waals surface area contributed by atoms with E-state index in [1.54, 1.807) is 11.8 Å². The summed E-state index contributed by atoms with van der Waals surface area (Å²) in [6.45, 7) is 6.31. The molecule has 5 heteroatoms. The van der Waals surface area contributed by atoms with Crippen molar-refractivity contribution in [3.8, 4) is 0 Å². The van der Waals surface area contributed by atoms with Gasteiger partial charge in [-0.05, 0) is 47.6 Å². The van der Waals surface area contributed by atoms with Crippen molar-refractivity contribution in [2.24, 2.45) is 0 Å². The first-order chi connectivity index (χ1) is 13.5. The van der Waals surface area contributed by atoms with Gasteiger partial charge in [0.05, 0.1) is 12.5 Å². The molecule has 1 atom stereocenters. The first-order valence-electron chi connectivity index (χ1n) is 9.91. The molecule has 0 spiro atoms. The number of nitrogens with zero attached hydrogens (tertiary/aromatic N) is 1. The van der Waals surface area contributed by atoms with Crippen LogP contribution in [-0.4, -0.2) is 23.3 Å². The number of aryl methyl sites for hydroxylation is 1. The Balaban J connectivity index is 1.88. The minimum Gasteiger partial charge on any atom is -0.335 e. The molecule has 1 aliphatic rings. The average molecular weight is 399 g/mol. The number of rotatable bonds is 5. The highest BCUT2D eigenvalue weighted by molar-refractivity contribution is 6.32. The van der Waals surface area contributed by atoms with Gasteiger partial charge in [-0.25, -0.2) is 0 Å². The number of fused-ring (bicyclic) bond motifs is 1. The maximum absolute atomic E-state index is 13.0. The van der Waals surface area contributed by atoms with Crippen molar-refractivity contribution >= 4 is 29.1 Å². The fourth-order valence-corrected chi connectivity index (χ4v) is 4.37. The van der Waals surface area contributed by atoms with Gasteiger partial charge in [-0.15, -0.1) is 0 Å². The van der Waals surface area contributed by atoms with Crippen molar-refractivity contribution in [1.82, 2.24) is 4.90 Å². The van der Waals surface area contributed by atoms with Crippen LogP contribution < -0.4 is 5.32 Å². The Labute approximate surface area is 171 Å². The lowest BCUT2D eigenvalue weighted by Crippen LogP contribution is -2.40. The van der Waals surface area contributed by atoms with Gasteiger partial charge >= 0.3 is 0 Å². The summed E-state index contributed by atoms with van der Waals surface area (Å²) >= 11 is 6.36. The van der Waals surface area contributed by atoms with Crippen LogP contribution in [0.2, 0.25) is 5.02 Å². The molecule has 0 saturated carbocycles. The maximum Gasteiger partial charge on any atom is 0.226 e. The van der Waals surface area contributed by atoms with Gasteiger partial charge in [0.15, 0.2) is 0 Å². The molecule has 0 fully saturated rings. The summed E-state index contributed by atoms with van der Waals surface area (Å²) < 4.78 is 0. The van der Waals surface area contributed by atoms with E-state index < -0.39 is 0 Å². The van der Waals surface area contributed by atoms with Crippen LogP contribution in [0.15, 0.2) is 36.4 Å². The third kappa shape index (κ3) is 4.07. The minimum atomic E-state index is -0.239. The molecule has 2 amide bonds. The van der Waals surface area contributed by atoms with Gasteiger partial charge in [-0.3, -0.25) is 9.59 Å².